The van der Waals surface area contributed by atoms with Crippen LogP contribution in [0.5, 0.6) is 17.2 Å². The first-order valence-electron chi connectivity index (χ1n) is 8.84. The highest BCUT2D eigenvalue weighted by atomic mass is 16.6. The number of hydrogen-bond acceptors (Lipinski definition) is 5. The molecule has 2 heterocycles. The predicted molar refractivity (Wildman–Crippen MR) is 102 cm³/mol. The Balaban J connectivity index is 1.46. The lowest BCUT2D eigenvalue weighted by Crippen LogP contribution is -2.24. The van der Waals surface area contributed by atoms with Crippen LogP contribution >= 0.6 is 0 Å². The Labute approximate surface area is 157 Å². The number of methoxy groups -OCH3 is 1. The molecule has 6 nitrogen and oxygen atoms in total. The van der Waals surface area contributed by atoms with E-state index in [0.29, 0.717) is 36.9 Å². The van der Waals surface area contributed by atoms with Crippen molar-refractivity contribution in [1.82, 2.24) is 5.32 Å². The number of carbonyl (C=O) groups excluding carboxylic acids is 1. The summed E-state index contributed by atoms with van der Waals surface area (Å²) in [4.78, 5) is 16.7. The molecule has 0 saturated heterocycles. The number of aliphatic imine (C=N–C) groups is 1. The molecule has 0 atom stereocenters. The van der Waals surface area contributed by atoms with E-state index in [-0.39, 0.29) is 5.91 Å². The summed E-state index contributed by atoms with van der Waals surface area (Å²) in [5.41, 5.74) is 2.38. The van der Waals surface area contributed by atoms with Gasteiger partial charge in [-0.05, 0) is 47.9 Å². The summed E-state index contributed by atoms with van der Waals surface area (Å²) in [5.74, 6) is 2.72. The van der Waals surface area contributed by atoms with E-state index in [9.17, 15) is 4.79 Å². The van der Waals surface area contributed by atoms with Gasteiger partial charge in [0.1, 0.15) is 30.5 Å². The second-order valence-corrected chi connectivity index (χ2v) is 6.30. The monoisotopic (exact) mass is 364 g/mol. The van der Waals surface area contributed by atoms with Crippen molar-refractivity contribution in [3.05, 3.63) is 59.3 Å². The summed E-state index contributed by atoms with van der Waals surface area (Å²) in [7, 11) is 1.65. The molecular weight excluding hydrogens is 344 g/mol. The first-order valence-corrected chi connectivity index (χ1v) is 8.84. The number of carbonyl (C=O) groups is 1. The van der Waals surface area contributed by atoms with Gasteiger partial charge in [0, 0.05) is 6.42 Å². The molecule has 4 rings (SSSR count). The fourth-order valence-electron chi connectivity index (χ4n) is 3.03. The average molecular weight is 364 g/mol. The predicted octanol–water partition coefficient (Wildman–Crippen LogP) is 2.97. The first-order chi connectivity index (χ1) is 13.2. The zero-order valence-electron chi connectivity index (χ0n) is 15.0. The summed E-state index contributed by atoms with van der Waals surface area (Å²) in [6.45, 7) is 1.08. The van der Waals surface area contributed by atoms with Gasteiger partial charge in [-0.3, -0.25) is 4.79 Å². The molecule has 2 aliphatic heterocycles. The molecule has 2 aliphatic rings. The molecule has 0 fully saturated rings. The van der Waals surface area contributed by atoms with Crippen LogP contribution in [0.2, 0.25) is 0 Å². The second-order valence-electron chi connectivity index (χ2n) is 6.30. The number of benzene rings is 2. The van der Waals surface area contributed by atoms with Crippen LogP contribution in [0.15, 0.2) is 53.2 Å². The molecule has 0 aromatic heterocycles. The number of nitrogens with zero attached hydrogens (tertiary/aromatic N) is 1. The summed E-state index contributed by atoms with van der Waals surface area (Å²) < 4.78 is 16.3. The molecule has 0 spiro atoms. The first kappa shape index (κ1) is 17.1. The fraction of sp³-hybridized carbons (Fsp3) is 0.238. The zero-order chi connectivity index (χ0) is 18.6. The van der Waals surface area contributed by atoms with Crippen LogP contribution in [0, 0.1) is 0 Å². The Bertz CT molecular complexity index is 934. The molecular formula is C21H20N2O4. The molecule has 0 aliphatic carbocycles. The zero-order valence-corrected chi connectivity index (χ0v) is 15.0. The van der Waals surface area contributed by atoms with Gasteiger partial charge in [-0.25, -0.2) is 4.99 Å². The van der Waals surface area contributed by atoms with Crippen LogP contribution in [0.25, 0.3) is 6.08 Å². The maximum Gasteiger partial charge on any atom is 0.275 e. The van der Waals surface area contributed by atoms with Gasteiger partial charge in [-0.2, -0.15) is 0 Å². The van der Waals surface area contributed by atoms with Crippen molar-refractivity contribution in [2.45, 2.75) is 12.8 Å². The largest absolute Gasteiger partial charge is 0.497 e. The van der Waals surface area contributed by atoms with E-state index >= 15 is 0 Å². The van der Waals surface area contributed by atoms with E-state index in [2.05, 4.69) is 10.3 Å². The minimum absolute atomic E-state index is 0.189. The lowest BCUT2D eigenvalue weighted by Gasteiger charge is -2.18. The fourth-order valence-corrected chi connectivity index (χ4v) is 3.03. The Kier molecular flexibility index (Phi) is 4.78. The minimum Gasteiger partial charge on any atom is -0.497 e. The summed E-state index contributed by atoms with van der Waals surface area (Å²) >= 11 is 0. The van der Waals surface area contributed by atoms with E-state index < -0.39 is 0 Å². The van der Waals surface area contributed by atoms with Crippen molar-refractivity contribution in [1.29, 1.82) is 0 Å². The van der Waals surface area contributed by atoms with Gasteiger partial charge in [0.15, 0.2) is 11.5 Å². The number of amides is 1. The SMILES string of the molecule is COc1cccc(CCC2=N/C(=C/c3ccc4c(c3)OCCO4)C(=O)N2)c1. The lowest BCUT2D eigenvalue weighted by molar-refractivity contribution is -0.115. The second kappa shape index (κ2) is 7.53. The van der Waals surface area contributed by atoms with Gasteiger partial charge in [0.25, 0.3) is 5.91 Å². The van der Waals surface area contributed by atoms with Crippen LogP contribution in [0.1, 0.15) is 17.5 Å². The average Bonchev–Trinajstić information content (AvgIpc) is 3.06. The van der Waals surface area contributed by atoms with Crippen molar-refractivity contribution >= 4 is 17.8 Å². The summed E-state index contributed by atoms with van der Waals surface area (Å²) in [6.07, 6.45) is 3.18. The van der Waals surface area contributed by atoms with Crippen LogP contribution in [0.3, 0.4) is 0 Å². The third-order valence-corrected chi connectivity index (χ3v) is 4.40. The van der Waals surface area contributed by atoms with Gasteiger partial charge in [-0.1, -0.05) is 18.2 Å². The third-order valence-electron chi connectivity index (χ3n) is 4.40. The highest BCUT2D eigenvalue weighted by Crippen LogP contribution is 2.31. The number of amidine groups is 1. The summed E-state index contributed by atoms with van der Waals surface area (Å²) in [6, 6.07) is 13.5. The number of ether oxygens (including phenoxy) is 3. The molecule has 0 unspecified atom stereocenters. The van der Waals surface area contributed by atoms with Gasteiger partial charge in [0.05, 0.1) is 7.11 Å². The molecule has 1 amide bonds. The van der Waals surface area contributed by atoms with Crippen LogP contribution in [-0.2, 0) is 11.2 Å². The number of fused-ring (bicyclic) bond motifs is 1. The maximum atomic E-state index is 12.2. The maximum absolute atomic E-state index is 12.2. The normalized spacial score (nSPS) is 16.9. The smallest absolute Gasteiger partial charge is 0.275 e. The Morgan fingerprint density at radius 2 is 1.96 bits per heavy atom. The van der Waals surface area contributed by atoms with E-state index in [1.54, 1.807) is 13.2 Å². The summed E-state index contributed by atoms with van der Waals surface area (Å²) in [5, 5.41) is 2.84. The molecule has 27 heavy (non-hydrogen) atoms. The van der Waals surface area contributed by atoms with Crippen molar-refractivity contribution < 1.29 is 19.0 Å². The van der Waals surface area contributed by atoms with Gasteiger partial charge in [0.2, 0.25) is 0 Å². The van der Waals surface area contributed by atoms with Gasteiger partial charge in [-0.15, -0.1) is 0 Å². The van der Waals surface area contributed by atoms with Crippen LogP contribution < -0.4 is 19.5 Å². The lowest BCUT2D eigenvalue weighted by atomic mass is 10.1. The van der Waals surface area contributed by atoms with Gasteiger partial charge < -0.3 is 19.5 Å². The number of aryl methyl sites for hydroxylation is 1. The quantitative estimate of drug-likeness (QED) is 0.828. The van der Waals surface area contributed by atoms with Crippen LogP contribution in [-0.4, -0.2) is 32.1 Å². The standard InChI is InChI=1S/C21H20N2O4/c1-25-16-4-2-3-14(11-16)6-8-20-22-17(21(24)23-20)12-15-5-7-18-19(13-15)27-10-9-26-18/h2-5,7,11-13H,6,8-10H2,1H3,(H,22,23,24)/b17-12+. The molecule has 138 valence electrons. The molecule has 0 bridgehead atoms. The molecule has 6 heteroatoms. The number of nitrogens with one attached hydrogen (secondary N) is 1. The van der Waals surface area contributed by atoms with Crippen molar-refractivity contribution in [2.24, 2.45) is 4.99 Å². The molecule has 2 aromatic rings. The minimum atomic E-state index is -0.189. The van der Waals surface area contributed by atoms with Crippen molar-refractivity contribution in [3.8, 4) is 17.2 Å². The highest BCUT2D eigenvalue weighted by Gasteiger charge is 2.20. The van der Waals surface area contributed by atoms with E-state index in [1.807, 2.05) is 42.5 Å². The number of rotatable bonds is 5. The Morgan fingerprint density at radius 1 is 1.11 bits per heavy atom. The molecule has 1 N–H and O–H groups in total. The van der Waals surface area contributed by atoms with Crippen molar-refractivity contribution in [2.75, 3.05) is 20.3 Å². The van der Waals surface area contributed by atoms with Crippen molar-refractivity contribution in [3.63, 3.8) is 0 Å². The van der Waals surface area contributed by atoms with Gasteiger partial charge >= 0.3 is 0 Å². The van der Waals surface area contributed by atoms with E-state index in [0.717, 1.165) is 29.0 Å². The number of hydrogen-bond donors (Lipinski definition) is 1. The third kappa shape index (κ3) is 3.95. The Morgan fingerprint density at radius 3 is 2.81 bits per heavy atom. The van der Waals surface area contributed by atoms with E-state index in [1.165, 1.54) is 0 Å². The molecule has 0 saturated carbocycles. The molecule has 2 aromatic carbocycles. The van der Waals surface area contributed by atoms with E-state index in [4.69, 9.17) is 14.2 Å². The topological polar surface area (TPSA) is 69.1 Å². The Hall–Kier alpha value is -3.28. The molecule has 0 radical (unpaired) electrons. The van der Waals surface area contributed by atoms with Crippen LogP contribution in [0.4, 0.5) is 0 Å². The highest BCUT2D eigenvalue weighted by molar-refractivity contribution is 6.14.